The zero-order valence-electron chi connectivity index (χ0n) is 49.8. The molecule has 0 fully saturated rings. The standard InChI is InChI=1S/C69H112NO8P/c1-3-5-7-9-11-13-15-17-19-21-23-25-26-27-28-29-30-31-32-33-34-35-36-37-38-39-40-42-44-46-48-50-52-54-56-58-60-62-69(72)78-67(66-77-79(73,74)76-64-63-70)65-75-68(71)61-59-57-55-53-51-49-47-45-43-41-24-22-20-18-16-14-12-10-8-6-4-2/h5-8,11-14,17-20,23-25,27-28,30-31,33-34,36-37,39-41,67H,3-4,9-10,15-16,21-22,26,29,32,35,38,42-66,70H2,1-2H3,(H,73,74)/b7-5-,8-6-,13-11-,14-12-,19-17-,20-18-,25-23-,28-27-,31-30-,34-33-,37-36-,40-39-,41-24-. The first-order valence-electron chi connectivity index (χ1n) is 31.0. The average Bonchev–Trinajstić information content (AvgIpc) is 3.44. The third kappa shape index (κ3) is 62.7. The summed E-state index contributed by atoms with van der Waals surface area (Å²) >= 11 is 0. The van der Waals surface area contributed by atoms with Crippen molar-refractivity contribution in [3.05, 3.63) is 158 Å². The molecule has 0 aliphatic carbocycles. The second-order valence-electron chi connectivity index (χ2n) is 19.8. The van der Waals surface area contributed by atoms with E-state index < -0.39 is 32.5 Å². The first-order chi connectivity index (χ1) is 38.8. The molecule has 0 aromatic carbocycles. The zero-order chi connectivity index (χ0) is 57.3. The predicted octanol–water partition coefficient (Wildman–Crippen LogP) is 20.1. The number of phosphoric ester groups is 1. The van der Waals surface area contributed by atoms with Gasteiger partial charge in [0.15, 0.2) is 6.10 Å². The van der Waals surface area contributed by atoms with Crippen molar-refractivity contribution >= 4 is 19.8 Å². The van der Waals surface area contributed by atoms with Gasteiger partial charge in [0.05, 0.1) is 13.2 Å². The van der Waals surface area contributed by atoms with E-state index in [1.807, 2.05) is 0 Å². The molecule has 0 saturated carbocycles. The maximum absolute atomic E-state index is 12.7. The number of allylic oxidation sites excluding steroid dienone is 26. The largest absolute Gasteiger partial charge is 0.472 e. The number of unbranched alkanes of at least 4 members (excludes halogenated alkanes) is 17. The van der Waals surface area contributed by atoms with Gasteiger partial charge in [0, 0.05) is 19.4 Å². The van der Waals surface area contributed by atoms with Crippen LogP contribution in [0.15, 0.2) is 158 Å². The summed E-state index contributed by atoms with van der Waals surface area (Å²) in [7, 11) is -4.40. The Kier molecular flexibility index (Phi) is 59.3. The number of carbonyl (C=O) groups excluding carboxylic acids is 2. The van der Waals surface area contributed by atoms with Gasteiger partial charge in [0.1, 0.15) is 6.61 Å². The Bertz CT molecular complexity index is 1850. The van der Waals surface area contributed by atoms with Gasteiger partial charge in [0.25, 0.3) is 0 Å². The molecular formula is C69H112NO8P. The number of nitrogens with two attached hydrogens (primary N) is 1. The van der Waals surface area contributed by atoms with E-state index in [-0.39, 0.29) is 32.6 Å². The Morgan fingerprint density at radius 1 is 0.380 bits per heavy atom. The summed E-state index contributed by atoms with van der Waals surface area (Å²) in [4.78, 5) is 35.2. The van der Waals surface area contributed by atoms with E-state index in [0.29, 0.717) is 12.8 Å². The zero-order valence-corrected chi connectivity index (χ0v) is 50.7. The second-order valence-corrected chi connectivity index (χ2v) is 21.3. The summed E-state index contributed by atoms with van der Waals surface area (Å²) in [6, 6.07) is 0. The van der Waals surface area contributed by atoms with E-state index in [2.05, 4.69) is 172 Å². The first kappa shape index (κ1) is 74.6. The van der Waals surface area contributed by atoms with Crippen LogP contribution in [0.3, 0.4) is 0 Å². The van der Waals surface area contributed by atoms with Crippen LogP contribution in [0.2, 0.25) is 0 Å². The molecule has 0 amide bonds. The van der Waals surface area contributed by atoms with Crippen LogP contribution in [0.5, 0.6) is 0 Å². The van der Waals surface area contributed by atoms with Crippen LogP contribution in [0.4, 0.5) is 0 Å². The second kappa shape index (κ2) is 62.8. The lowest BCUT2D eigenvalue weighted by molar-refractivity contribution is -0.161. The third-order valence-electron chi connectivity index (χ3n) is 12.4. The monoisotopic (exact) mass is 1110 g/mol. The molecule has 0 heterocycles. The average molecular weight is 1110 g/mol. The Balaban J connectivity index is 4.02. The Hall–Kier alpha value is -4.37. The lowest BCUT2D eigenvalue weighted by Gasteiger charge is -2.19. The molecule has 0 spiro atoms. The molecule has 446 valence electrons. The summed E-state index contributed by atoms with van der Waals surface area (Å²) in [5.41, 5.74) is 5.39. The number of esters is 2. The Labute approximate surface area is 483 Å². The van der Waals surface area contributed by atoms with Gasteiger partial charge < -0.3 is 20.1 Å². The predicted molar refractivity (Wildman–Crippen MR) is 339 cm³/mol. The molecule has 2 unspecified atom stereocenters. The fourth-order valence-corrected chi connectivity index (χ4v) is 8.68. The summed E-state index contributed by atoms with van der Waals surface area (Å²) in [6.07, 6.45) is 91.6. The van der Waals surface area contributed by atoms with Gasteiger partial charge in [-0.15, -0.1) is 0 Å². The van der Waals surface area contributed by atoms with Crippen LogP contribution >= 0.6 is 7.82 Å². The molecular weight excluding hydrogens is 1000 g/mol. The maximum atomic E-state index is 12.7. The van der Waals surface area contributed by atoms with Gasteiger partial charge in [0.2, 0.25) is 0 Å². The van der Waals surface area contributed by atoms with E-state index in [4.69, 9.17) is 24.3 Å². The summed E-state index contributed by atoms with van der Waals surface area (Å²) in [6.45, 7) is 3.49. The molecule has 3 N–H and O–H groups in total. The maximum Gasteiger partial charge on any atom is 0.472 e. The normalized spacial score (nSPS) is 14.1. The molecule has 0 aliphatic heterocycles. The molecule has 0 bridgehead atoms. The molecule has 10 heteroatoms. The number of ether oxygens (including phenoxy) is 2. The number of carbonyl (C=O) groups is 2. The van der Waals surface area contributed by atoms with Crippen LogP contribution in [-0.4, -0.2) is 49.3 Å². The SMILES string of the molecule is CC/C=C\C/C=C\C/C=C\C/C=C\C/C=C\C/C=C\C/C=C\C/C=C\C/C=C\CCCCCCCCCCCC(=O)OC(COC(=O)CCCCCCCCCC/C=C\C/C=C\C/C=C\C/C=C\CC)COP(=O)(O)OCCN. The van der Waals surface area contributed by atoms with E-state index in [0.717, 1.165) is 135 Å². The molecule has 0 aromatic heterocycles. The van der Waals surface area contributed by atoms with E-state index in [9.17, 15) is 19.0 Å². The van der Waals surface area contributed by atoms with Crippen LogP contribution < -0.4 is 5.73 Å². The van der Waals surface area contributed by atoms with Gasteiger partial charge in [-0.2, -0.15) is 0 Å². The quantitative estimate of drug-likeness (QED) is 0.0264. The van der Waals surface area contributed by atoms with Gasteiger partial charge in [-0.25, -0.2) is 4.57 Å². The summed E-state index contributed by atoms with van der Waals surface area (Å²) < 4.78 is 33.1. The minimum atomic E-state index is -4.40. The smallest absolute Gasteiger partial charge is 0.462 e. The number of rotatable bonds is 56. The summed E-state index contributed by atoms with van der Waals surface area (Å²) in [5.74, 6) is -0.854. The molecule has 0 aromatic rings. The first-order valence-corrected chi connectivity index (χ1v) is 32.5. The Morgan fingerprint density at radius 3 is 0.975 bits per heavy atom. The van der Waals surface area contributed by atoms with Crippen molar-refractivity contribution in [2.45, 2.75) is 238 Å². The van der Waals surface area contributed by atoms with E-state index in [1.165, 1.54) is 57.8 Å². The number of hydrogen-bond acceptors (Lipinski definition) is 8. The molecule has 79 heavy (non-hydrogen) atoms. The van der Waals surface area contributed by atoms with Gasteiger partial charge in [-0.3, -0.25) is 18.6 Å². The van der Waals surface area contributed by atoms with Crippen molar-refractivity contribution in [2.24, 2.45) is 5.73 Å². The minimum absolute atomic E-state index is 0.0430. The van der Waals surface area contributed by atoms with Crippen LogP contribution in [0.25, 0.3) is 0 Å². The van der Waals surface area contributed by atoms with Gasteiger partial charge in [-0.1, -0.05) is 255 Å². The van der Waals surface area contributed by atoms with Crippen molar-refractivity contribution in [2.75, 3.05) is 26.4 Å². The molecule has 0 rings (SSSR count). The van der Waals surface area contributed by atoms with Crippen molar-refractivity contribution in [1.82, 2.24) is 0 Å². The van der Waals surface area contributed by atoms with Gasteiger partial charge in [-0.05, 0) is 122 Å². The highest BCUT2D eigenvalue weighted by Crippen LogP contribution is 2.43. The minimum Gasteiger partial charge on any atom is -0.462 e. The lowest BCUT2D eigenvalue weighted by atomic mass is 10.1. The third-order valence-corrected chi connectivity index (χ3v) is 13.4. The highest BCUT2D eigenvalue weighted by molar-refractivity contribution is 7.47. The molecule has 9 nitrogen and oxygen atoms in total. The number of phosphoric acid groups is 1. The number of hydrogen-bond donors (Lipinski definition) is 2. The molecule has 0 aliphatic rings. The molecule has 0 saturated heterocycles. The van der Waals surface area contributed by atoms with Crippen molar-refractivity contribution < 1.29 is 37.6 Å². The summed E-state index contributed by atoms with van der Waals surface area (Å²) in [5, 5.41) is 0. The van der Waals surface area contributed by atoms with E-state index >= 15 is 0 Å². The lowest BCUT2D eigenvalue weighted by Crippen LogP contribution is -2.29. The Morgan fingerprint density at radius 2 is 0.658 bits per heavy atom. The van der Waals surface area contributed by atoms with Crippen molar-refractivity contribution in [1.29, 1.82) is 0 Å². The highest BCUT2D eigenvalue weighted by Gasteiger charge is 2.26. The van der Waals surface area contributed by atoms with Crippen LogP contribution in [0, 0.1) is 0 Å². The van der Waals surface area contributed by atoms with Crippen LogP contribution in [-0.2, 0) is 32.7 Å². The molecule has 2 atom stereocenters. The van der Waals surface area contributed by atoms with Gasteiger partial charge >= 0.3 is 19.8 Å². The molecule has 0 radical (unpaired) electrons. The highest BCUT2D eigenvalue weighted by atomic mass is 31.2. The van der Waals surface area contributed by atoms with Crippen molar-refractivity contribution in [3.8, 4) is 0 Å². The topological polar surface area (TPSA) is 134 Å². The van der Waals surface area contributed by atoms with E-state index in [1.54, 1.807) is 0 Å². The fraction of sp³-hybridized carbons (Fsp3) is 0.594. The van der Waals surface area contributed by atoms with Crippen molar-refractivity contribution in [3.63, 3.8) is 0 Å². The van der Waals surface area contributed by atoms with Crippen LogP contribution in [0.1, 0.15) is 232 Å². The fourth-order valence-electron chi connectivity index (χ4n) is 7.91.